The van der Waals surface area contributed by atoms with Crippen molar-refractivity contribution < 1.29 is 14.3 Å². The van der Waals surface area contributed by atoms with Gasteiger partial charge in [0, 0.05) is 11.8 Å². The zero-order valence-electron chi connectivity index (χ0n) is 7.19. The number of fused-ring (bicyclic) bond motifs is 1. The Bertz CT molecular complexity index is 212. The maximum Gasteiger partial charge on any atom is 0.509 e. The van der Waals surface area contributed by atoms with Gasteiger partial charge < -0.3 is 9.47 Å². The average Bonchev–Trinajstić information content (AvgIpc) is 2.41. The van der Waals surface area contributed by atoms with Crippen LogP contribution < -0.4 is 0 Å². The molecule has 3 nitrogen and oxygen atoms in total. The zero-order chi connectivity index (χ0) is 8.72. The molecule has 0 radical (unpaired) electrons. The largest absolute Gasteiger partial charge is 0.509 e. The Morgan fingerprint density at radius 1 is 1.08 bits per heavy atom. The summed E-state index contributed by atoms with van der Waals surface area (Å²) < 4.78 is 10.1. The Hall–Kier alpha value is -0.990. The number of carbonyl (C=O) groups is 1. The molecule has 0 amide bonds. The van der Waals surface area contributed by atoms with Gasteiger partial charge in [0.05, 0.1) is 0 Å². The first-order valence-corrected chi connectivity index (χ1v) is 4.24. The van der Waals surface area contributed by atoms with Crippen LogP contribution in [-0.2, 0) is 9.47 Å². The fourth-order valence-electron chi connectivity index (χ4n) is 1.77. The smallest absolute Gasteiger partial charge is 0.426 e. The molecule has 2 aliphatic rings. The minimum absolute atomic E-state index is 0.0718. The van der Waals surface area contributed by atoms with Gasteiger partial charge in [-0.05, 0) is 0 Å². The van der Waals surface area contributed by atoms with Crippen molar-refractivity contribution in [2.24, 2.45) is 11.8 Å². The second kappa shape index (κ2) is 2.51. The summed E-state index contributed by atoms with van der Waals surface area (Å²) in [4.78, 5) is 10.8. The average molecular weight is 168 g/mol. The third-order valence-electron chi connectivity index (χ3n) is 2.54. The van der Waals surface area contributed by atoms with Crippen LogP contribution in [0.1, 0.15) is 13.8 Å². The van der Waals surface area contributed by atoms with Crippen LogP contribution in [0.15, 0.2) is 12.2 Å². The molecule has 1 aliphatic heterocycles. The molecule has 2 rings (SSSR count). The molecule has 1 fully saturated rings. The van der Waals surface area contributed by atoms with E-state index >= 15 is 0 Å². The summed E-state index contributed by atoms with van der Waals surface area (Å²) in [5.74, 6) is 0.551. The number of hydrogen-bond acceptors (Lipinski definition) is 3. The van der Waals surface area contributed by atoms with Gasteiger partial charge in [-0.3, -0.25) is 0 Å². The Labute approximate surface area is 71.3 Å². The number of hydrogen-bond donors (Lipinski definition) is 0. The van der Waals surface area contributed by atoms with Crippen molar-refractivity contribution in [1.29, 1.82) is 0 Å². The van der Waals surface area contributed by atoms with Gasteiger partial charge in [0.15, 0.2) is 0 Å². The number of ether oxygens (including phenoxy) is 2. The minimum atomic E-state index is -0.521. The van der Waals surface area contributed by atoms with E-state index < -0.39 is 6.16 Å². The maximum atomic E-state index is 10.8. The van der Waals surface area contributed by atoms with Crippen LogP contribution in [-0.4, -0.2) is 18.4 Å². The predicted molar refractivity (Wildman–Crippen MR) is 42.6 cm³/mol. The summed E-state index contributed by atoms with van der Waals surface area (Å²) in [6.07, 6.45) is 3.49. The lowest BCUT2D eigenvalue weighted by molar-refractivity contribution is 0.0890. The summed E-state index contributed by atoms with van der Waals surface area (Å²) in [6, 6.07) is 0. The van der Waals surface area contributed by atoms with E-state index in [0.29, 0.717) is 0 Å². The molecule has 0 aromatic rings. The molecule has 12 heavy (non-hydrogen) atoms. The van der Waals surface area contributed by atoms with E-state index in [1.807, 2.05) is 13.8 Å². The molecule has 0 spiro atoms. The van der Waals surface area contributed by atoms with Crippen molar-refractivity contribution >= 4 is 6.16 Å². The van der Waals surface area contributed by atoms with Crippen molar-refractivity contribution in [2.75, 3.05) is 0 Å². The van der Waals surface area contributed by atoms with Gasteiger partial charge in [-0.2, -0.15) is 0 Å². The van der Waals surface area contributed by atoms with Crippen LogP contribution in [0.2, 0.25) is 0 Å². The maximum absolute atomic E-state index is 10.8. The Morgan fingerprint density at radius 2 is 1.50 bits per heavy atom. The molecule has 0 aromatic heterocycles. The molecule has 0 aromatic carbocycles. The first-order chi connectivity index (χ1) is 5.68. The van der Waals surface area contributed by atoms with Crippen LogP contribution in [0.3, 0.4) is 0 Å². The highest BCUT2D eigenvalue weighted by Crippen LogP contribution is 2.32. The van der Waals surface area contributed by atoms with Gasteiger partial charge in [0.1, 0.15) is 12.2 Å². The van der Waals surface area contributed by atoms with Crippen LogP contribution in [0.25, 0.3) is 0 Å². The van der Waals surface area contributed by atoms with E-state index in [1.54, 1.807) is 0 Å². The molecule has 1 heterocycles. The molecular formula is C9H12O3. The molecular weight excluding hydrogens is 156 g/mol. The first-order valence-electron chi connectivity index (χ1n) is 4.24. The monoisotopic (exact) mass is 168 g/mol. The van der Waals surface area contributed by atoms with Gasteiger partial charge >= 0.3 is 6.16 Å². The summed E-state index contributed by atoms with van der Waals surface area (Å²) in [5, 5.41) is 0. The lowest BCUT2D eigenvalue weighted by Gasteiger charge is -2.26. The van der Waals surface area contributed by atoms with E-state index in [9.17, 15) is 4.79 Å². The van der Waals surface area contributed by atoms with Crippen LogP contribution in [0.4, 0.5) is 4.79 Å². The molecule has 0 saturated carbocycles. The highest BCUT2D eigenvalue weighted by Gasteiger charge is 2.43. The van der Waals surface area contributed by atoms with Gasteiger partial charge in [-0.1, -0.05) is 26.0 Å². The fraction of sp³-hybridized carbons (Fsp3) is 0.667. The topological polar surface area (TPSA) is 35.5 Å². The third-order valence-corrected chi connectivity index (χ3v) is 2.54. The Kier molecular flexibility index (Phi) is 1.60. The van der Waals surface area contributed by atoms with Crippen LogP contribution in [0, 0.1) is 11.8 Å². The van der Waals surface area contributed by atoms with E-state index in [2.05, 4.69) is 12.2 Å². The molecule has 0 bridgehead atoms. The quantitative estimate of drug-likeness (QED) is 0.408. The van der Waals surface area contributed by atoms with E-state index in [0.717, 1.165) is 0 Å². The van der Waals surface area contributed by atoms with E-state index in [-0.39, 0.29) is 24.0 Å². The summed E-state index contributed by atoms with van der Waals surface area (Å²) in [6.45, 7) is 4.06. The van der Waals surface area contributed by atoms with Crippen molar-refractivity contribution in [3.8, 4) is 0 Å². The lowest BCUT2D eigenvalue weighted by Crippen LogP contribution is -2.35. The summed E-state index contributed by atoms with van der Waals surface area (Å²) >= 11 is 0. The van der Waals surface area contributed by atoms with Gasteiger partial charge in [0.25, 0.3) is 0 Å². The molecule has 66 valence electrons. The standard InChI is InChI=1S/C9H12O3/c1-5-3-4-6(2)8-7(5)11-9(10)12-8/h3-8H,1-2H3. The molecule has 1 aliphatic carbocycles. The lowest BCUT2D eigenvalue weighted by atomic mass is 9.85. The highest BCUT2D eigenvalue weighted by molar-refractivity contribution is 5.63. The summed E-state index contributed by atoms with van der Waals surface area (Å²) in [5.41, 5.74) is 0. The second-order valence-corrected chi connectivity index (χ2v) is 3.52. The van der Waals surface area contributed by atoms with Crippen molar-refractivity contribution in [2.45, 2.75) is 26.1 Å². The molecule has 0 N–H and O–H groups in total. The number of carbonyl (C=O) groups excluding carboxylic acids is 1. The van der Waals surface area contributed by atoms with Crippen molar-refractivity contribution in [1.82, 2.24) is 0 Å². The third kappa shape index (κ3) is 1.00. The molecule has 4 unspecified atom stereocenters. The number of rotatable bonds is 0. The van der Waals surface area contributed by atoms with Gasteiger partial charge in [0.2, 0.25) is 0 Å². The zero-order valence-corrected chi connectivity index (χ0v) is 7.19. The van der Waals surface area contributed by atoms with Gasteiger partial charge in [-0.25, -0.2) is 4.79 Å². The van der Waals surface area contributed by atoms with Crippen LogP contribution >= 0.6 is 0 Å². The van der Waals surface area contributed by atoms with Crippen molar-refractivity contribution in [3.05, 3.63) is 12.2 Å². The Morgan fingerprint density at radius 3 is 1.92 bits per heavy atom. The SMILES string of the molecule is CC1C=CC(C)C2OC(=O)OC12. The Balaban J connectivity index is 2.23. The van der Waals surface area contributed by atoms with E-state index in [4.69, 9.17) is 9.47 Å². The molecule has 4 atom stereocenters. The second-order valence-electron chi connectivity index (χ2n) is 3.52. The van der Waals surface area contributed by atoms with Crippen molar-refractivity contribution in [3.63, 3.8) is 0 Å². The predicted octanol–water partition coefficient (Wildman–Crippen LogP) is 1.73. The fourth-order valence-corrected chi connectivity index (χ4v) is 1.77. The van der Waals surface area contributed by atoms with Crippen LogP contribution in [0.5, 0.6) is 0 Å². The van der Waals surface area contributed by atoms with E-state index in [1.165, 1.54) is 0 Å². The first kappa shape index (κ1) is 7.65. The normalized spacial score (nSPS) is 45.0. The van der Waals surface area contributed by atoms with Gasteiger partial charge in [-0.15, -0.1) is 0 Å². The molecule has 1 saturated heterocycles. The minimum Gasteiger partial charge on any atom is -0.426 e. The molecule has 3 heteroatoms. The summed E-state index contributed by atoms with van der Waals surface area (Å²) in [7, 11) is 0. The highest BCUT2D eigenvalue weighted by atomic mass is 16.8.